The van der Waals surface area contributed by atoms with Gasteiger partial charge in [-0.05, 0) is 18.2 Å². The fourth-order valence-corrected chi connectivity index (χ4v) is 1.61. The van der Waals surface area contributed by atoms with Crippen LogP contribution in [0.15, 0.2) is 18.2 Å². The zero-order chi connectivity index (χ0) is 11.9. The van der Waals surface area contributed by atoms with E-state index >= 15 is 0 Å². The Kier molecular flexibility index (Phi) is 2.34. The first-order valence-corrected chi connectivity index (χ1v) is 4.49. The molecule has 0 amide bonds. The molecule has 0 aliphatic rings. The van der Waals surface area contributed by atoms with Gasteiger partial charge < -0.3 is 5.11 Å². The molecular formula is C10H8F2N2O2. The van der Waals surface area contributed by atoms with Crippen molar-refractivity contribution in [3.05, 3.63) is 29.5 Å². The third kappa shape index (κ3) is 1.52. The number of aromatic nitrogens is 2. The van der Waals surface area contributed by atoms with Crippen molar-refractivity contribution >= 4 is 16.9 Å². The zero-order valence-electron chi connectivity index (χ0n) is 8.32. The fourth-order valence-electron chi connectivity index (χ4n) is 1.61. The summed E-state index contributed by atoms with van der Waals surface area (Å²) in [6.45, 7) is 0. The van der Waals surface area contributed by atoms with E-state index in [4.69, 9.17) is 5.11 Å². The summed E-state index contributed by atoms with van der Waals surface area (Å²) in [5.41, 5.74) is 0.0936. The van der Waals surface area contributed by atoms with Crippen LogP contribution >= 0.6 is 0 Å². The van der Waals surface area contributed by atoms with E-state index < -0.39 is 12.4 Å². The molecule has 0 atom stereocenters. The topological polar surface area (TPSA) is 55.1 Å². The Morgan fingerprint density at radius 1 is 1.50 bits per heavy atom. The molecule has 0 saturated heterocycles. The number of hydrogen-bond acceptors (Lipinski definition) is 2. The quantitative estimate of drug-likeness (QED) is 0.854. The maximum atomic E-state index is 12.7. The average Bonchev–Trinajstić information content (AvgIpc) is 2.51. The summed E-state index contributed by atoms with van der Waals surface area (Å²) < 4.78 is 26.4. The van der Waals surface area contributed by atoms with Gasteiger partial charge in [0.05, 0.1) is 11.1 Å². The molecule has 2 rings (SSSR count). The minimum Gasteiger partial charge on any atom is -0.478 e. The van der Waals surface area contributed by atoms with Crippen LogP contribution in [0.2, 0.25) is 0 Å². The molecule has 0 radical (unpaired) electrons. The average molecular weight is 226 g/mol. The Bertz CT molecular complexity index is 563. The van der Waals surface area contributed by atoms with Gasteiger partial charge >= 0.3 is 5.97 Å². The first-order valence-electron chi connectivity index (χ1n) is 4.49. The van der Waals surface area contributed by atoms with Crippen LogP contribution in [0.5, 0.6) is 0 Å². The van der Waals surface area contributed by atoms with E-state index in [1.54, 1.807) is 0 Å². The summed E-state index contributed by atoms with van der Waals surface area (Å²) in [5, 5.41) is 12.9. The van der Waals surface area contributed by atoms with E-state index in [1.165, 1.54) is 25.2 Å². The molecule has 0 aliphatic heterocycles. The summed E-state index contributed by atoms with van der Waals surface area (Å²) in [7, 11) is 1.40. The number of fused-ring (bicyclic) bond motifs is 1. The molecule has 2 aromatic rings. The van der Waals surface area contributed by atoms with Gasteiger partial charge in [0.25, 0.3) is 6.43 Å². The lowest BCUT2D eigenvalue weighted by atomic mass is 10.1. The van der Waals surface area contributed by atoms with Crippen LogP contribution in [0.4, 0.5) is 8.78 Å². The van der Waals surface area contributed by atoms with Crippen LogP contribution in [0.1, 0.15) is 22.5 Å². The Balaban J connectivity index is 2.70. The van der Waals surface area contributed by atoms with Gasteiger partial charge in [-0.25, -0.2) is 13.6 Å². The standard InChI is InChI=1S/C10H8F2N2O2/c1-14-8(9(11)12)6-3-2-5(10(15)16)4-7(6)13-14/h2-4,9H,1H3,(H,15,16). The van der Waals surface area contributed by atoms with Crippen molar-refractivity contribution in [3.63, 3.8) is 0 Å². The number of halogens is 2. The number of rotatable bonds is 2. The van der Waals surface area contributed by atoms with E-state index in [0.717, 1.165) is 4.68 Å². The van der Waals surface area contributed by atoms with Gasteiger partial charge in [-0.15, -0.1) is 0 Å². The smallest absolute Gasteiger partial charge is 0.335 e. The second kappa shape index (κ2) is 3.55. The highest BCUT2D eigenvalue weighted by Crippen LogP contribution is 2.27. The van der Waals surface area contributed by atoms with Crippen molar-refractivity contribution in [1.29, 1.82) is 0 Å². The number of aryl methyl sites for hydroxylation is 1. The second-order valence-corrected chi connectivity index (χ2v) is 3.35. The highest BCUT2D eigenvalue weighted by atomic mass is 19.3. The van der Waals surface area contributed by atoms with Gasteiger partial charge in [0, 0.05) is 12.4 Å². The van der Waals surface area contributed by atoms with E-state index in [2.05, 4.69) is 5.10 Å². The van der Waals surface area contributed by atoms with Crippen molar-refractivity contribution in [2.24, 2.45) is 7.05 Å². The van der Waals surface area contributed by atoms with Crippen molar-refractivity contribution in [2.75, 3.05) is 0 Å². The van der Waals surface area contributed by atoms with Crippen molar-refractivity contribution in [2.45, 2.75) is 6.43 Å². The maximum absolute atomic E-state index is 12.7. The summed E-state index contributed by atoms with van der Waals surface area (Å²) in [6.07, 6.45) is -2.63. The van der Waals surface area contributed by atoms with Gasteiger partial charge in [0.2, 0.25) is 0 Å². The lowest BCUT2D eigenvalue weighted by molar-refractivity contribution is 0.0697. The van der Waals surface area contributed by atoms with Crippen LogP contribution in [-0.4, -0.2) is 20.9 Å². The van der Waals surface area contributed by atoms with Crippen molar-refractivity contribution in [3.8, 4) is 0 Å². The van der Waals surface area contributed by atoms with Gasteiger partial charge in [-0.1, -0.05) is 0 Å². The number of carbonyl (C=O) groups is 1. The molecule has 6 heteroatoms. The number of carboxylic acids is 1. The molecule has 0 fully saturated rings. The zero-order valence-corrected chi connectivity index (χ0v) is 8.32. The lowest BCUT2D eigenvalue weighted by Gasteiger charge is -1.99. The Hall–Kier alpha value is -1.98. The van der Waals surface area contributed by atoms with Crippen LogP contribution in [0.25, 0.3) is 10.9 Å². The first-order chi connectivity index (χ1) is 7.50. The molecular weight excluding hydrogens is 218 g/mol. The predicted molar refractivity (Wildman–Crippen MR) is 52.6 cm³/mol. The predicted octanol–water partition coefficient (Wildman–Crippen LogP) is 2.21. The SMILES string of the molecule is Cn1nc2cc(C(=O)O)ccc2c1C(F)F. The Morgan fingerprint density at radius 3 is 2.75 bits per heavy atom. The van der Waals surface area contributed by atoms with E-state index in [-0.39, 0.29) is 22.2 Å². The molecule has 0 aliphatic carbocycles. The molecule has 84 valence electrons. The molecule has 1 aromatic heterocycles. The number of aromatic carboxylic acids is 1. The molecule has 1 aromatic carbocycles. The molecule has 0 saturated carbocycles. The third-order valence-electron chi connectivity index (χ3n) is 2.33. The molecule has 16 heavy (non-hydrogen) atoms. The number of carboxylic acid groups (broad SMARTS) is 1. The van der Waals surface area contributed by atoms with Crippen LogP contribution in [0, 0.1) is 0 Å². The van der Waals surface area contributed by atoms with Crippen molar-refractivity contribution < 1.29 is 18.7 Å². The van der Waals surface area contributed by atoms with E-state index in [0.29, 0.717) is 0 Å². The van der Waals surface area contributed by atoms with E-state index in [9.17, 15) is 13.6 Å². The molecule has 1 N–H and O–H groups in total. The molecule has 4 nitrogen and oxygen atoms in total. The van der Waals surface area contributed by atoms with Gasteiger partial charge in [-0.2, -0.15) is 5.10 Å². The normalized spacial score (nSPS) is 11.2. The second-order valence-electron chi connectivity index (χ2n) is 3.35. The number of alkyl halides is 2. The Labute approximate surface area is 89.1 Å². The number of nitrogens with zero attached hydrogens (tertiary/aromatic N) is 2. The van der Waals surface area contributed by atoms with Gasteiger partial charge in [-0.3, -0.25) is 4.68 Å². The van der Waals surface area contributed by atoms with Crippen LogP contribution in [-0.2, 0) is 7.05 Å². The van der Waals surface area contributed by atoms with Gasteiger partial charge in [0.15, 0.2) is 0 Å². The minimum atomic E-state index is -2.63. The highest BCUT2D eigenvalue weighted by Gasteiger charge is 2.18. The largest absolute Gasteiger partial charge is 0.478 e. The Morgan fingerprint density at radius 2 is 2.19 bits per heavy atom. The highest BCUT2D eigenvalue weighted by molar-refractivity contribution is 5.93. The molecule has 0 unspecified atom stereocenters. The van der Waals surface area contributed by atoms with E-state index in [1.807, 2.05) is 0 Å². The summed E-state index contributed by atoms with van der Waals surface area (Å²) in [6, 6.07) is 3.93. The summed E-state index contributed by atoms with van der Waals surface area (Å²) in [5.74, 6) is -1.11. The van der Waals surface area contributed by atoms with Crippen LogP contribution in [0.3, 0.4) is 0 Å². The molecule has 0 spiro atoms. The monoisotopic (exact) mass is 226 g/mol. The van der Waals surface area contributed by atoms with Crippen LogP contribution < -0.4 is 0 Å². The number of hydrogen-bond donors (Lipinski definition) is 1. The maximum Gasteiger partial charge on any atom is 0.335 e. The fraction of sp³-hybridized carbons (Fsp3) is 0.200. The number of benzene rings is 1. The first kappa shape index (κ1) is 10.5. The van der Waals surface area contributed by atoms with Gasteiger partial charge in [0.1, 0.15) is 5.69 Å². The third-order valence-corrected chi connectivity index (χ3v) is 2.33. The summed E-state index contributed by atoms with van der Waals surface area (Å²) in [4.78, 5) is 10.7. The van der Waals surface area contributed by atoms with Crippen molar-refractivity contribution in [1.82, 2.24) is 9.78 Å². The lowest BCUT2D eigenvalue weighted by Crippen LogP contribution is -1.97. The molecule has 0 bridgehead atoms. The summed E-state index contributed by atoms with van der Waals surface area (Å²) >= 11 is 0. The molecule has 1 heterocycles. The minimum absolute atomic E-state index is 0.0337.